The molecule has 0 saturated heterocycles. The molecular formula is C42H28F6. The second-order valence-electron chi connectivity index (χ2n) is 12.0. The van der Waals surface area contributed by atoms with Gasteiger partial charge in [0.2, 0.25) is 0 Å². The van der Waals surface area contributed by atoms with Crippen LogP contribution in [0.3, 0.4) is 0 Å². The zero-order valence-electron chi connectivity index (χ0n) is 26.0. The van der Waals surface area contributed by atoms with Gasteiger partial charge in [0.25, 0.3) is 0 Å². The molecule has 7 aromatic rings. The lowest BCUT2D eigenvalue weighted by atomic mass is 9.81. The SMILES string of the molecule is Cc1ccccc1-c1ccc2c(-c3ccccc3C(F)(F)F)c3cc(-c4ccccc4C)ccc3c(-c3ccccc3C(F)(F)F)c2c1. The van der Waals surface area contributed by atoms with E-state index in [0.29, 0.717) is 32.7 Å². The van der Waals surface area contributed by atoms with Crippen LogP contribution < -0.4 is 0 Å². The molecule has 0 amide bonds. The Morgan fingerprint density at radius 2 is 0.688 bits per heavy atom. The van der Waals surface area contributed by atoms with E-state index in [2.05, 4.69) is 0 Å². The summed E-state index contributed by atoms with van der Waals surface area (Å²) in [7, 11) is 0. The Morgan fingerprint density at radius 1 is 0.354 bits per heavy atom. The van der Waals surface area contributed by atoms with Gasteiger partial charge in [0, 0.05) is 0 Å². The molecule has 0 N–H and O–H groups in total. The van der Waals surface area contributed by atoms with Gasteiger partial charge in [0.15, 0.2) is 0 Å². The molecule has 0 atom stereocenters. The highest BCUT2D eigenvalue weighted by Gasteiger charge is 2.36. The van der Waals surface area contributed by atoms with Crippen LogP contribution in [0.5, 0.6) is 0 Å². The molecule has 0 saturated carbocycles. The van der Waals surface area contributed by atoms with Gasteiger partial charge in [-0.2, -0.15) is 26.3 Å². The van der Waals surface area contributed by atoms with E-state index in [1.165, 1.54) is 24.3 Å². The van der Waals surface area contributed by atoms with E-state index >= 15 is 0 Å². The Kier molecular flexibility index (Phi) is 7.62. The number of halogens is 6. The minimum atomic E-state index is -4.68. The van der Waals surface area contributed by atoms with Crippen LogP contribution in [0.25, 0.3) is 66.1 Å². The van der Waals surface area contributed by atoms with Gasteiger partial charge in [0.1, 0.15) is 0 Å². The molecule has 0 aliphatic carbocycles. The maximum absolute atomic E-state index is 14.7. The second kappa shape index (κ2) is 11.7. The topological polar surface area (TPSA) is 0 Å². The number of alkyl halides is 6. The standard InChI is InChI=1S/C42H28F6/c1-25-11-3-5-13-29(25)27-19-21-31-35(23-27)39(33-15-7-9-17-37(33)41(43,44)45)32-22-20-28(30-14-6-4-12-26(30)2)24-36(32)40(31)34-16-8-10-18-38(34)42(46,47)48/h3-24H,1-2H3. The molecule has 0 spiro atoms. The van der Waals surface area contributed by atoms with Crippen LogP contribution in [0.1, 0.15) is 22.3 Å². The fourth-order valence-electron chi connectivity index (χ4n) is 6.83. The highest BCUT2D eigenvalue weighted by Crippen LogP contribution is 2.50. The fraction of sp³-hybridized carbons (Fsp3) is 0.0952. The lowest BCUT2D eigenvalue weighted by Crippen LogP contribution is -2.08. The number of fused-ring (bicyclic) bond motifs is 2. The summed E-state index contributed by atoms with van der Waals surface area (Å²) in [5.74, 6) is 0. The first-order valence-corrected chi connectivity index (χ1v) is 15.4. The van der Waals surface area contributed by atoms with Gasteiger partial charge >= 0.3 is 12.4 Å². The van der Waals surface area contributed by atoms with Crippen molar-refractivity contribution in [3.63, 3.8) is 0 Å². The monoisotopic (exact) mass is 646 g/mol. The summed E-state index contributed by atoms with van der Waals surface area (Å²) in [4.78, 5) is 0. The van der Waals surface area contributed by atoms with Crippen LogP contribution in [0.15, 0.2) is 133 Å². The van der Waals surface area contributed by atoms with Gasteiger partial charge in [-0.3, -0.25) is 0 Å². The fourth-order valence-corrected chi connectivity index (χ4v) is 6.83. The van der Waals surface area contributed by atoms with Crippen molar-refractivity contribution < 1.29 is 26.3 Å². The normalized spacial score (nSPS) is 12.2. The molecular weight excluding hydrogens is 618 g/mol. The lowest BCUT2D eigenvalue weighted by Gasteiger charge is -2.23. The van der Waals surface area contributed by atoms with Gasteiger partial charge in [-0.05, 0) is 115 Å². The minimum absolute atomic E-state index is 0.0405. The van der Waals surface area contributed by atoms with E-state index in [-0.39, 0.29) is 11.1 Å². The van der Waals surface area contributed by atoms with Gasteiger partial charge in [0.05, 0.1) is 11.1 Å². The van der Waals surface area contributed by atoms with Crippen molar-refractivity contribution in [2.24, 2.45) is 0 Å². The highest BCUT2D eigenvalue weighted by molar-refractivity contribution is 6.23. The average molecular weight is 647 g/mol. The van der Waals surface area contributed by atoms with Crippen molar-refractivity contribution in [1.29, 1.82) is 0 Å². The van der Waals surface area contributed by atoms with Crippen molar-refractivity contribution >= 4 is 21.5 Å². The van der Waals surface area contributed by atoms with Crippen molar-refractivity contribution in [2.75, 3.05) is 0 Å². The van der Waals surface area contributed by atoms with E-state index in [4.69, 9.17) is 0 Å². The predicted molar refractivity (Wildman–Crippen MR) is 183 cm³/mol. The summed E-state index contributed by atoms with van der Waals surface area (Å²) in [6.07, 6.45) is -9.35. The summed E-state index contributed by atoms with van der Waals surface area (Å²) < 4.78 is 88.0. The Morgan fingerprint density at radius 3 is 1.04 bits per heavy atom. The van der Waals surface area contributed by atoms with Crippen molar-refractivity contribution in [3.05, 3.63) is 156 Å². The summed E-state index contributed by atoms with van der Waals surface area (Å²) >= 11 is 0. The molecule has 0 radical (unpaired) electrons. The van der Waals surface area contributed by atoms with E-state index < -0.39 is 23.5 Å². The minimum Gasteiger partial charge on any atom is -0.166 e. The number of rotatable bonds is 4. The average Bonchev–Trinajstić information content (AvgIpc) is 3.06. The van der Waals surface area contributed by atoms with Gasteiger partial charge in [-0.15, -0.1) is 0 Å². The quantitative estimate of drug-likeness (QED) is 0.132. The van der Waals surface area contributed by atoms with E-state index in [0.717, 1.165) is 45.5 Å². The summed E-state index contributed by atoms with van der Waals surface area (Å²) in [5, 5.41) is 1.70. The smallest absolute Gasteiger partial charge is 0.166 e. The van der Waals surface area contributed by atoms with Crippen LogP contribution in [-0.2, 0) is 12.4 Å². The number of benzene rings is 7. The van der Waals surface area contributed by atoms with Crippen LogP contribution in [-0.4, -0.2) is 0 Å². The first-order valence-electron chi connectivity index (χ1n) is 15.4. The number of hydrogen-bond donors (Lipinski definition) is 0. The zero-order chi connectivity index (χ0) is 33.8. The third-order valence-electron chi connectivity index (χ3n) is 9.03. The molecule has 0 unspecified atom stereocenters. The first-order chi connectivity index (χ1) is 22.9. The highest BCUT2D eigenvalue weighted by atomic mass is 19.4. The Hall–Kier alpha value is -5.36. The van der Waals surface area contributed by atoms with Crippen molar-refractivity contribution in [2.45, 2.75) is 26.2 Å². The second-order valence-corrected chi connectivity index (χ2v) is 12.0. The molecule has 48 heavy (non-hydrogen) atoms. The van der Waals surface area contributed by atoms with Crippen LogP contribution >= 0.6 is 0 Å². The molecule has 0 aromatic heterocycles. The van der Waals surface area contributed by atoms with E-state index in [1.54, 1.807) is 24.3 Å². The van der Waals surface area contributed by atoms with Gasteiger partial charge in [-0.1, -0.05) is 109 Å². The molecule has 0 heterocycles. The molecule has 7 aromatic carbocycles. The largest absolute Gasteiger partial charge is 0.417 e. The Bertz CT molecular complexity index is 2180. The maximum atomic E-state index is 14.7. The number of aryl methyl sites for hydroxylation is 2. The third-order valence-corrected chi connectivity index (χ3v) is 9.03. The summed E-state index contributed by atoms with van der Waals surface area (Å²) in [6.45, 7) is 3.88. The van der Waals surface area contributed by atoms with Gasteiger partial charge in [-0.25, -0.2) is 0 Å². The lowest BCUT2D eigenvalue weighted by molar-refractivity contribution is -0.137. The molecule has 0 aliphatic rings. The van der Waals surface area contributed by atoms with E-state index in [9.17, 15) is 26.3 Å². The van der Waals surface area contributed by atoms with Crippen molar-refractivity contribution in [1.82, 2.24) is 0 Å². The van der Waals surface area contributed by atoms with Crippen LogP contribution in [0, 0.1) is 13.8 Å². The van der Waals surface area contributed by atoms with Gasteiger partial charge < -0.3 is 0 Å². The molecule has 0 bridgehead atoms. The predicted octanol–water partition coefficient (Wildman–Crippen LogP) is 13.3. The van der Waals surface area contributed by atoms with Crippen molar-refractivity contribution in [3.8, 4) is 44.5 Å². The third kappa shape index (κ3) is 5.41. The van der Waals surface area contributed by atoms with Crippen LogP contribution in [0.2, 0.25) is 0 Å². The molecule has 0 nitrogen and oxygen atoms in total. The molecule has 6 heteroatoms. The molecule has 7 rings (SSSR count). The maximum Gasteiger partial charge on any atom is 0.417 e. The molecule has 0 aliphatic heterocycles. The molecule has 0 fully saturated rings. The molecule has 238 valence electrons. The zero-order valence-corrected chi connectivity index (χ0v) is 26.0. The summed E-state index contributed by atoms with van der Waals surface area (Å²) in [5.41, 5.74) is 4.07. The summed E-state index contributed by atoms with van der Waals surface area (Å²) in [6, 6.07) is 36.9. The van der Waals surface area contributed by atoms with E-state index in [1.807, 2.05) is 86.6 Å². The first kappa shape index (κ1) is 31.3. The Labute approximate surface area is 273 Å². The Balaban J connectivity index is 1.72. The van der Waals surface area contributed by atoms with Crippen LogP contribution in [0.4, 0.5) is 26.3 Å². The number of hydrogen-bond acceptors (Lipinski definition) is 0.